The molecular weight excluding hydrogens is 389 g/mol. The SMILES string of the molecule is CN(Cc1cccc(Cl)c1)Cc1cccc(CN(C)Cc2cccc(Cl)c2)n1. The molecule has 2 aromatic carbocycles. The van der Waals surface area contributed by atoms with Gasteiger partial charge in [-0.25, -0.2) is 0 Å². The summed E-state index contributed by atoms with van der Waals surface area (Å²) in [5.74, 6) is 0. The van der Waals surface area contributed by atoms with Crippen LogP contribution in [-0.2, 0) is 26.2 Å². The molecule has 0 spiro atoms. The highest BCUT2D eigenvalue weighted by atomic mass is 35.5. The Morgan fingerprint density at radius 2 is 1.07 bits per heavy atom. The maximum absolute atomic E-state index is 6.08. The summed E-state index contributed by atoms with van der Waals surface area (Å²) >= 11 is 12.2. The van der Waals surface area contributed by atoms with E-state index in [-0.39, 0.29) is 0 Å². The molecule has 3 rings (SSSR count). The van der Waals surface area contributed by atoms with Crippen molar-refractivity contribution in [3.05, 3.63) is 99.3 Å². The second-order valence-electron chi connectivity index (χ2n) is 7.22. The van der Waals surface area contributed by atoms with Crippen molar-refractivity contribution in [2.24, 2.45) is 0 Å². The summed E-state index contributed by atoms with van der Waals surface area (Å²) in [5, 5.41) is 1.54. The summed E-state index contributed by atoms with van der Waals surface area (Å²) in [4.78, 5) is 9.32. The number of benzene rings is 2. The molecule has 146 valence electrons. The van der Waals surface area contributed by atoms with Gasteiger partial charge in [-0.3, -0.25) is 14.8 Å². The predicted molar refractivity (Wildman–Crippen MR) is 117 cm³/mol. The van der Waals surface area contributed by atoms with Crippen LogP contribution in [0.2, 0.25) is 10.0 Å². The average Bonchev–Trinajstić information content (AvgIpc) is 2.61. The molecule has 0 unspecified atom stereocenters. The molecule has 0 saturated heterocycles. The third-order valence-corrected chi connectivity index (χ3v) is 4.88. The second-order valence-corrected chi connectivity index (χ2v) is 8.10. The van der Waals surface area contributed by atoms with E-state index in [1.54, 1.807) is 0 Å². The Bertz CT molecular complexity index is 843. The third-order valence-electron chi connectivity index (χ3n) is 4.41. The van der Waals surface area contributed by atoms with Crippen molar-refractivity contribution in [3.63, 3.8) is 0 Å². The summed E-state index contributed by atoms with van der Waals surface area (Å²) in [5.41, 5.74) is 4.54. The third kappa shape index (κ3) is 6.61. The average molecular weight is 414 g/mol. The van der Waals surface area contributed by atoms with Crippen LogP contribution in [0.3, 0.4) is 0 Å². The van der Waals surface area contributed by atoms with E-state index in [0.717, 1.165) is 47.6 Å². The molecule has 0 aliphatic heterocycles. The Morgan fingerprint density at radius 3 is 1.50 bits per heavy atom. The minimum absolute atomic E-state index is 0.772. The summed E-state index contributed by atoms with van der Waals surface area (Å²) in [6.45, 7) is 3.25. The van der Waals surface area contributed by atoms with Crippen molar-refractivity contribution in [2.45, 2.75) is 26.2 Å². The molecule has 0 radical (unpaired) electrons. The minimum atomic E-state index is 0.772. The Balaban J connectivity index is 1.57. The van der Waals surface area contributed by atoms with E-state index in [0.29, 0.717) is 0 Å². The van der Waals surface area contributed by atoms with Crippen molar-refractivity contribution < 1.29 is 0 Å². The standard InChI is InChI=1S/C23H25Cl2N3/c1-27(14-18-6-3-8-20(24)12-18)16-22-10-5-11-23(26-22)17-28(2)15-19-7-4-9-21(25)13-19/h3-13H,14-17H2,1-2H3. The normalized spacial score (nSPS) is 11.4. The molecule has 0 N–H and O–H groups in total. The van der Waals surface area contributed by atoms with Crippen LogP contribution < -0.4 is 0 Å². The molecule has 0 bridgehead atoms. The molecule has 0 atom stereocenters. The Labute approximate surface area is 177 Å². The van der Waals surface area contributed by atoms with Gasteiger partial charge in [-0.1, -0.05) is 53.5 Å². The van der Waals surface area contributed by atoms with E-state index in [1.807, 2.05) is 36.4 Å². The lowest BCUT2D eigenvalue weighted by Gasteiger charge is -2.19. The van der Waals surface area contributed by atoms with Crippen molar-refractivity contribution in [1.82, 2.24) is 14.8 Å². The van der Waals surface area contributed by atoms with Gasteiger partial charge in [-0.2, -0.15) is 0 Å². The van der Waals surface area contributed by atoms with Crippen LogP contribution in [0, 0.1) is 0 Å². The molecule has 0 aliphatic carbocycles. The molecule has 5 heteroatoms. The molecular formula is C23H25Cl2N3. The molecule has 3 aromatic rings. The molecule has 0 amide bonds. The number of hydrogen-bond donors (Lipinski definition) is 0. The van der Waals surface area contributed by atoms with Gasteiger partial charge in [-0.15, -0.1) is 0 Å². The number of pyridine rings is 1. The predicted octanol–water partition coefficient (Wildman–Crippen LogP) is 5.65. The quantitative estimate of drug-likeness (QED) is 0.475. The van der Waals surface area contributed by atoms with Crippen LogP contribution in [0.1, 0.15) is 22.5 Å². The van der Waals surface area contributed by atoms with Crippen molar-refractivity contribution in [1.29, 1.82) is 0 Å². The zero-order chi connectivity index (χ0) is 19.9. The van der Waals surface area contributed by atoms with Crippen molar-refractivity contribution >= 4 is 23.2 Å². The van der Waals surface area contributed by atoms with E-state index in [2.05, 4.69) is 54.2 Å². The first-order valence-electron chi connectivity index (χ1n) is 9.29. The monoisotopic (exact) mass is 413 g/mol. The van der Waals surface area contributed by atoms with Crippen LogP contribution in [0.25, 0.3) is 0 Å². The van der Waals surface area contributed by atoms with Gasteiger partial charge in [0.05, 0.1) is 11.4 Å². The van der Waals surface area contributed by atoms with Gasteiger partial charge in [-0.05, 0) is 61.6 Å². The maximum atomic E-state index is 6.08. The Hall–Kier alpha value is -1.91. The fraction of sp³-hybridized carbons (Fsp3) is 0.261. The number of aromatic nitrogens is 1. The Morgan fingerprint density at radius 1 is 0.643 bits per heavy atom. The zero-order valence-electron chi connectivity index (χ0n) is 16.3. The van der Waals surface area contributed by atoms with E-state index < -0.39 is 0 Å². The molecule has 28 heavy (non-hydrogen) atoms. The minimum Gasteiger partial charge on any atom is -0.296 e. The summed E-state index contributed by atoms with van der Waals surface area (Å²) in [7, 11) is 4.20. The van der Waals surface area contributed by atoms with Gasteiger partial charge in [0.2, 0.25) is 0 Å². The fourth-order valence-corrected chi connectivity index (χ4v) is 3.69. The van der Waals surface area contributed by atoms with Crippen LogP contribution in [0.5, 0.6) is 0 Å². The maximum Gasteiger partial charge on any atom is 0.0547 e. The van der Waals surface area contributed by atoms with Gasteiger partial charge in [0.15, 0.2) is 0 Å². The summed E-state index contributed by atoms with van der Waals surface area (Å²) in [6.07, 6.45) is 0. The summed E-state index contributed by atoms with van der Waals surface area (Å²) in [6, 6.07) is 22.2. The van der Waals surface area contributed by atoms with Gasteiger partial charge in [0, 0.05) is 36.2 Å². The van der Waals surface area contributed by atoms with Gasteiger partial charge in [0.1, 0.15) is 0 Å². The van der Waals surface area contributed by atoms with E-state index >= 15 is 0 Å². The van der Waals surface area contributed by atoms with E-state index in [4.69, 9.17) is 28.2 Å². The first-order chi connectivity index (χ1) is 13.5. The highest BCUT2D eigenvalue weighted by molar-refractivity contribution is 6.30. The largest absolute Gasteiger partial charge is 0.296 e. The van der Waals surface area contributed by atoms with Gasteiger partial charge >= 0.3 is 0 Å². The summed E-state index contributed by atoms with van der Waals surface area (Å²) < 4.78 is 0. The zero-order valence-corrected chi connectivity index (χ0v) is 17.8. The number of rotatable bonds is 8. The highest BCUT2D eigenvalue weighted by Crippen LogP contribution is 2.15. The number of halogens is 2. The van der Waals surface area contributed by atoms with Gasteiger partial charge < -0.3 is 0 Å². The molecule has 0 fully saturated rings. The van der Waals surface area contributed by atoms with E-state index in [1.165, 1.54) is 11.1 Å². The molecule has 0 aliphatic rings. The lowest BCUT2D eigenvalue weighted by molar-refractivity contribution is 0.306. The second kappa shape index (κ2) is 10.0. The first-order valence-corrected chi connectivity index (χ1v) is 10.0. The molecule has 1 heterocycles. The number of hydrogen-bond acceptors (Lipinski definition) is 3. The van der Waals surface area contributed by atoms with Gasteiger partial charge in [0.25, 0.3) is 0 Å². The van der Waals surface area contributed by atoms with E-state index in [9.17, 15) is 0 Å². The lowest BCUT2D eigenvalue weighted by Crippen LogP contribution is -2.20. The fourth-order valence-electron chi connectivity index (χ4n) is 3.26. The lowest BCUT2D eigenvalue weighted by atomic mass is 10.2. The Kier molecular flexibility index (Phi) is 7.46. The molecule has 1 aromatic heterocycles. The highest BCUT2D eigenvalue weighted by Gasteiger charge is 2.07. The topological polar surface area (TPSA) is 19.4 Å². The number of nitrogens with zero attached hydrogens (tertiary/aromatic N) is 3. The molecule has 0 saturated carbocycles. The van der Waals surface area contributed by atoms with Crippen molar-refractivity contribution in [2.75, 3.05) is 14.1 Å². The smallest absolute Gasteiger partial charge is 0.0547 e. The van der Waals surface area contributed by atoms with Crippen molar-refractivity contribution in [3.8, 4) is 0 Å². The van der Waals surface area contributed by atoms with Crippen LogP contribution in [0.15, 0.2) is 66.7 Å². The van der Waals surface area contributed by atoms with Crippen LogP contribution in [0.4, 0.5) is 0 Å². The molecule has 3 nitrogen and oxygen atoms in total. The first kappa shape index (κ1) is 20.8. The van der Waals surface area contributed by atoms with Crippen LogP contribution >= 0.6 is 23.2 Å². The van der Waals surface area contributed by atoms with Crippen LogP contribution in [-0.4, -0.2) is 28.9 Å².